The molecule has 2 heterocycles. The van der Waals surface area contributed by atoms with E-state index in [4.69, 9.17) is 4.74 Å². The fraction of sp³-hybridized carbons (Fsp3) is 0.273. The minimum Gasteiger partial charge on any atom is -0.497 e. The second-order valence-electron chi connectivity index (χ2n) is 7.47. The molecule has 0 bridgehead atoms. The van der Waals surface area contributed by atoms with Crippen LogP contribution in [-0.2, 0) is 9.59 Å². The van der Waals surface area contributed by atoms with Crippen molar-refractivity contribution in [1.82, 2.24) is 14.8 Å². The van der Waals surface area contributed by atoms with Gasteiger partial charge in [-0.3, -0.25) is 14.9 Å². The summed E-state index contributed by atoms with van der Waals surface area (Å²) in [6.07, 6.45) is -0.0316. The van der Waals surface area contributed by atoms with E-state index >= 15 is 0 Å². The first kappa shape index (κ1) is 19.6. The normalized spacial score (nSPS) is 15.1. The molecule has 1 aliphatic rings. The largest absolute Gasteiger partial charge is 0.497 e. The van der Waals surface area contributed by atoms with Gasteiger partial charge in [0.05, 0.1) is 13.5 Å². The minimum atomic E-state index is -0.741. The molecule has 2 amide bonds. The molecule has 1 atom stereocenters. The smallest absolute Gasteiger partial charge is 0.252 e. The van der Waals surface area contributed by atoms with Crippen molar-refractivity contribution >= 4 is 23.5 Å². The maximum atomic E-state index is 12.5. The highest BCUT2D eigenvalue weighted by Crippen LogP contribution is 2.29. The van der Waals surface area contributed by atoms with Crippen molar-refractivity contribution < 1.29 is 14.3 Å². The Morgan fingerprint density at radius 2 is 1.87 bits per heavy atom. The summed E-state index contributed by atoms with van der Waals surface area (Å²) in [5.74, 6) is 1.41. The second kappa shape index (κ2) is 7.98. The lowest BCUT2D eigenvalue weighted by molar-refractivity contribution is -0.123. The highest BCUT2D eigenvalue weighted by Gasteiger charge is 2.35. The Hall–Kier alpha value is -3.68. The van der Waals surface area contributed by atoms with Crippen molar-refractivity contribution in [2.24, 2.45) is 0 Å². The monoisotopic (exact) mass is 405 g/mol. The number of benzene rings is 2. The number of rotatable bonds is 6. The maximum absolute atomic E-state index is 12.5. The Kier molecular flexibility index (Phi) is 5.22. The highest BCUT2D eigenvalue weighted by atomic mass is 16.5. The molecular formula is C22H23N5O3. The van der Waals surface area contributed by atoms with Gasteiger partial charge in [0.25, 0.3) is 5.91 Å². The Labute approximate surface area is 174 Å². The third kappa shape index (κ3) is 3.89. The number of fused-ring (bicyclic) bond motifs is 1. The summed E-state index contributed by atoms with van der Waals surface area (Å²) in [5.41, 5.74) is 2.68. The molecule has 30 heavy (non-hydrogen) atoms. The maximum Gasteiger partial charge on any atom is 0.252 e. The molecule has 0 fully saturated rings. The van der Waals surface area contributed by atoms with E-state index in [0.717, 1.165) is 11.3 Å². The molecule has 0 saturated carbocycles. The van der Waals surface area contributed by atoms with Crippen LogP contribution in [0, 0.1) is 0 Å². The summed E-state index contributed by atoms with van der Waals surface area (Å²) in [6.45, 7) is 4.23. The van der Waals surface area contributed by atoms with Gasteiger partial charge in [-0.1, -0.05) is 26.0 Å². The molecule has 8 heteroatoms. The van der Waals surface area contributed by atoms with E-state index in [-0.39, 0.29) is 18.2 Å². The van der Waals surface area contributed by atoms with E-state index in [2.05, 4.69) is 34.6 Å². The Morgan fingerprint density at radius 3 is 2.50 bits per heavy atom. The molecule has 2 N–H and O–H groups in total. The average Bonchev–Trinajstić information content (AvgIpc) is 3.27. The van der Waals surface area contributed by atoms with Gasteiger partial charge in [0.15, 0.2) is 5.82 Å². The lowest BCUT2D eigenvalue weighted by Gasteiger charge is -2.11. The van der Waals surface area contributed by atoms with Crippen LogP contribution in [0.3, 0.4) is 0 Å². The van der Waals surface area contributed by atoms with Gasteiger partial charge < -0.3 is 10.1 Å². The number of hydrogen-bond donors (Lipinski definition) is 2. The summed E-state index contributed by atoms with van der Waals surface area (Å²) >= 11 is 0. The second-order valence-corrected chi connectivity index (χ2v) is 7.47. The summed E-state index contributed by atoms with van der Waals surface area (Å²) in [6, 6.07) is 14.3. The van der Waals surface area contributed by atoms with Crippen molar-refractivity contribution in [1.29, 1.82) is 0 Å². The number of nitrogens with zero attached hydrogens (tertiary/aromatic N) is 3. The zero-order valence-electron chi connectivity index (χ0n) is 17.0. The molecule has 0 aliphatic carbocycles. The number of amides is 2. The van der Waals surface area contributed by atoms with Gasteiger partial charge in [-0.15, -0.1) is 5.10 Å². The van der Waals surface area contributed by atoms with Gasteiger partial charge in [-0.05, 0) is 47.9 Å². The van der Waals surface area contributed by atoms with Crippen molar-refractivity contribution in [3.63, 3.8) is 0 Å². The number of carbonyl (C=O) groups is 2. The SMILES string of the molecule is COc1ccc(-c2nc3n(n2)[C@@H](CC(=O)Nc2ccc(C(C)C)cc2)C(=O)N3)cc1. The first-order valence-corrected chi connectivity index (χ1v) is 9.76. The summed E-state index contributed by atoms with van der Waals surface area (Å²) < 4.78 is 6.64. The Balaban J connectivity index is 1.47. The third-order valence-electron chi connectivity index (χ3n) is 5.05. The van der Waals surface area contributed by atoms with Crippen molar-refractivity contribution in [3.8, 4) is 17.1 Å². The third-order valence-corrected chi connectivity index (χ3v) is 5.05. The fourth-order valence-electron chi connectivity index (χ4n) is 3.31. The number of aromatic nitrogens is 3. The number of nitrogens with one attached hydrogen (secondary N) is 2. The molecule has 1 aromatic heterocycles. The zero-order valence-corrected chi connectivity index (χ0v) is 17.0. The van der Waals surface area contributed by atoms with Gasteiger partial charge in [-0.25, -0.2) is 4.68 Å². The first-order chi connectivity index (χ1) is 14.4. The van der Waals surface area contributed by atoms with Gasteiger partial charge in [0.2, 0.25) is 11.9 Å². The van der Waals surface area contributed by atoms with E-state index < -0.39 is 6.04 Å². The predicted octanol–water partition coefficient (Wildman–Crippen LogP) is 3.60. The van der Waals surface area contributed by atoms with E-state index in [9.17, 15) is 9.59 Å². The highest BCUT2D eigenvalue weighted by molar-refractivity contribution is 6.01. The van der Waals surface area contributed by atoms with E-state index in [1.807, 2.05) is 48.5 Å². The lowest BCUT2D eigenvalue weighted by atomic mass is 10.0. The van der Waals surface area contributed by atoms with Crippen LogP contribution in [0.1, 0.15) is 37.8 Å². The molecule has 1 aliphatic heterocycles. The molecular weight excluding hydrogens is 382 g/mol. The Bertz CT molecular complexity index is 1070. The summed E-state index contributed by atoms with van der Waals surface area (Å²) in [4.78, 5) is 29.2. The zero-order chi connectivity index (χ0) is 21.3. The van der Waals surface area contributed by atoms with Gasteiger partial charge in [0, 0.05) is 11.3 Å². The topological polar surface area (TPSA) is 98.1 Å². The molecule has 4 rings (SSSR count). The molecule has 0 radical (unpaired) electrons. The average molecular weight is 405 g/mol. The minimum absolute atomic E-state index is 0.0316. The van der Waals surface area contributed by atoms with Gasteiger partial charge in [0.1, 0.15) is 11.8 Å². The van der Waals surface area contributed by atoms with Crippen LogP contribution < -0.4 is 15.4 Å². The summed E-state index contributed by atoms with van der Waals surface area (Å²) in [7, 11) is 1.60. The predicted molar refractivity (Wildman–Crippen MR) is 113 cm³/mol. The van der Waals surface area contributed by atoms with Crippen molar-refractivity contribution in [2.75, 3.05) is 17.7 Å². The lowest BCUT2D eigenvalue weighted by Crippen LogP contribution is -2.23. The van der Waals surface area contributed by atoms with Crippen molar-refractivity contribution in [3.05, 3.63) is 54.1 Å². The Morgan fingerprint density at radius 1 is 1.17 bits per heavy atom. The molecule has 0 spiro atoms. The van der Waals surface area contributed by atoms with Crippen LogP contribution in [-0.4, -0.2) is 33.7 Å². The van der Waals surface area contributed by atoms with Gasteiger partial charge >= 0.3 is 0 Å². The number of carbonyl (C=O) groups excluding carboxylic acids is 2. The van der Waals surface area contributed by atoms with E-state index in [1.54, 1.807) is 7.11 Å². The van der Waals surface area contributed by atoms with Crippen LogP contribution in [0.2, 0.25) is 0 Å². The van der Waals surface area contributed by atoms with Crippen LogP contribution in [0.4, 0.5) is 11.6 Å². The standard InChI is InChI=1S/C22H23N5O3/c1-13(2)14-4-8-16(9-5-14)23-19(28)12-18-21(29)25-22-24-20(26-27(18)22)15-6-10-17(30-3)11-7-15/h4-11,13,18H,12H2,1-3H3,(H,23,28)(H,24,25,26,29)/t18-/m0/s1. The van der Waals surface area contributed by atoms with E-state index in [0.29, 0.717) is 23.4 Å². The number of hydrogen-bond acceptors (Lipinski definition) is 5. The number of methoxy groups -OCH3 is 1. The van der Waals surface area contributed by atoms with Crippen LogP contribution in [0.5, 0.6) is 5.75 Å². The first-order valence-electron chi connectivity index (χ1n) is 9.76. The molecule has 154 valence electrons. The van der Waals surface area contributed by atoms with Crippen LogP contribution in [0.25, 0.3) is 11.4 Å². The van der Waals surface area contributed by atoms with Crippen LogP contribution >= 0.6 is 0 Å². The molecule has 2 aromatic carbocycles. The molecule has 3 aromatic rings. The molecule has 0 saturated heterocycles. The summed E-state index contributed by atoms with van der Waals surface area (Å²) in [5, 5.41) is 9.98. The van der Waals surface area contributed by atoms with Crippen molar-refractivity contribution in [2.45, 2.75) is 32.2 Å². The van der Waals surface area contributed by atoms with E-state index in [1.165, 1.54) is 10.2 Å². The van der Waals surface area contributed by atoms with Gasteiger partial charge in [-0.2, -0.15) is 4.98 Å². The van der Waals surface area contributed by atoms with Crippen LogP contribution in [0.15, 0.2) is 48.5 Å². The number of ether oxygens (including phenoxy) is 1. The fourth-order valence-corrected chi connectivity index (χ4v) is 3.31. The number of anilines is 2. The molecule has 8 nitrogen and oxygen atoms in total. The quantitative estimate of drug-likeness (QED) is 0.653. The molecule has 0 unspecified atom stereocenters.